The summed E-state index contributed by atoms with van der Waals surface area (Å²) in [5.41, 5.74) is -1.09. The van der Waals surface area contributed by atoms with E-state index in [0.717, 1.165) is 0 Å². The van der Waals surface area contributed by atoms with E-state index >= 15 is 0 Å². The van der Waals surface area contributed by atoms with Crippen LogP contribution in [0.3, 0.4) is 0 Å². The van der Waals surface area contributed by atoms with Crippen LogP contribution in [0.2, 0.25) is 0 Å². The Morgan fingerprint density at radius 2 is 1.52 bits per heavy atom. The minimum absolute atomic E-state index is 0.0716. The van der Waals surface area contributed by atoms with Gasteiger partial charge in [-0.25, -0.2) is 0 Å². The van der Waals surface area contributed by atoms with Crippen molar-refractivity contribution in [3.05, 3.63) is 0 Å². The van der Waals surface area contributed by atoms with Gasteiger partial charge in [-0.15, -0.1) is 0 Å². The van der Waals surface area contributed by atoms with Crippen molar-refractivity contribution in [2.45, 2.75) is 51.7 Å². The number of methoxy groups -OCH3 is 1. The van der Waals surface area contributed by atoms with Crippen LogP contribution in [0.4, 0.5) is 0 Å². The topological polar surface area (TPSA) is 80.3 Å². The van der Waals surface area contributed by atoms with E-state index in [4.69, 9.17) is 23.7 Å². The molecule has 0 aliphatic rings. The summed E-state index contributed by atoms with van der Waals surface area (Å²) < 4.78 is 25.6. The zero-order chi connectivity index (χ0) is 19.5. The smallest absolute Gasteiger partial charge is 0.322 e. The van der Waals surface area contributed by atoms with E-state index in [2.05, 4.69) is 15.9 Å². The molecule has 0 N–H and O–H groups in total. The molecule has 0 amide bonds. The van der Waals surface area contributed by atoms with Gasteiger partial charge >= 0.3 is 11.9 Å². The Morgan fingerprint density at radius 1 is 0.960 bits per heavy atom. The van der Waals surface area contributed by atoms with Crippen molar-refractivity contribution in [3.8, 4) is 0 Å². The third-order valence-corrected chi connectivity index (χ3v) is 3.58. The van der Waals surface area contributed by atoms with Gasteiger partial charge in [0.1, 0.15) is 16.3 Å². The third-order valence-electron chi connectivity index (χ3n) is 3.25. The molecule has 8 heteroatoms. The largest absolute Gasteiger partial charge is 0.465 e. The van der Waals surface area contributed by atoms with Gasteiger partial charge < -0.3 is 23.7 Å². The lowest BCUT2D eigenvalue weighted by molar-refractivity contribution is -0.173. The summed E-state index contributed by atoms with van der Waals surface area (Å²) in [5.74, 6) is -0.961. The fourth-order valence-corrected chi connectivity index (χ4v) is 2.00. The number of carbonyl (C=O) groups excluding carboxylic acids is 2. The molecule has 0 heterocycles. The van der Waals surface area contributed by atoms with Crippen molar-refractivity contribution in [2.75, 3.05) is 40.1 Å². The number of carbonyl (C=O) groups is 2. The number of halogens is 1. The van der Waals surface area contributed by atoms with Crippen LogP contribution in [0.5, 0.6) is 0 Å². The molecule has 0 saturated carbocycles. The van der Waals surface area contributed by atoms with E-state index in [1.165, 1.54) is 7.11 Å². The van der Waals surface area contributed by atoms with Crippen LogP contribution in [0, 0.1) is 5.41 Å². The van der Waals surface area contributed by atoms with Crippen molar-refractivity contribution in [1.82, 2.24) is 0 Å². The number of rotatable bonds is 13. The van der Waals surface area contributed by atoms with Gasteiger partial charge in [0.2, 0.25) is 0 Å². The molecular formula is C17H31BrO7. The number of esters is 2. The Hall–Kier alpha value is -0.700. The summed E-state index contributed by atoms with van der Waals surface area (Å²) >= 11 is 3.23. The highest BCUT2D eigenvalue weighted by molar-refractivity contribution is 9.10. The summed E-state index contributed by atoms with van der Waals surface area (Å²) in [5, 5.41) is 0. The van der Waals surface area contributed by atoms with Crippen molar-refractivity contribution in [1.29, 1.82) is 0 Å². The second-order valence-electron chi connectivity index (χ2n) is 6.31. The normalized spacial score (nSPS) is 14.2. The second kappa shape index (κ2) is 11.8. The van der Waals surface area contributed by atoms with Crippen molar-refractivity contribution in [3.63, 3.8) is 0 Å². The molecule has 0 saturated heterocycles. The molecule has 0 aliphatic heterocycles. The molecule has 1 atom stereocenters. The van der Waals surface area contributed by atoms with Gasteiger partial charge in [0.05, 0.1) is 13.2 Å². The Bertz CT molecular complexity index is 402. The van der Waals surface area contributed by atoms with Gasteiger partial charge in [-0.05, 0) is 34.6 Å². The van der Waals surface area contributed by atoms with Crippen LogP contribution >= 0.6 is 15.9 Å². The average Bonchev–Trinajstić information content (AvgIpc) is 2.52. The Labute approximate surface area is 158 Å². The highest BCUT2D eigenvalue weighted by Crippen LogP contribution is 2.23. The molecule has 7 nitrogen and oxygen atoms in total. The molecule has 0 bridgehead atoms. The third kappa shape index (κ3) is 9.53. The Morgan fingerprint density at radius 3 is 1.96 bits per heavy atom. The maximum absolute atomic E-state index is 12.4. The lowest BCUT2D eigenvalue weighted by Gasteiger charge is -2.27. The number of hydrogen-bond donors (Lipinski definition) is 0. The first-order chi connectivity index (χ1) is 11.6. The fraction of sp³-hybridized carbons (Fsp3) is 0.882. The van der Waals surface area contributed by atoms with Crippen molar-refractivity contribution < 1.29 is 33.3 Å². The molecule has 0 fully saturated rings. The molecular weight excluding hydrogens is 396 g/mol. The number of hydrogen-bond acceptors (Lipinski definition) is 7. The minimum Gasteiger partial charge on any atom is -0.465 e. The van der Waals surface area contributed by atoms with Gasteiger partial charge in [-0.2, -0.15) is 0 Å². The van der Waals surface area contributed by atoms with Crippen LogP contribution in [0.1, 0.15) is 41.0 Å². The van der Waals surface area contributed by atoms with Gasteiger partial charge in [0.25, 0.3) is 0 Å². The van der Waals surface area contributed by atoms with E-state index in [0.29, 0.717) is 19.6 Å². The maximum atomic E-state index is 12.4. The van der Waals surface area contributed by atoms with Gasteiger partial charge in [-0.1, -0.05) is 15.9 Å². The standard InChI is InChI=1S/C17H31BrO7/c1-7-22-13(23-8-2)9-10-24-15(20)17(5,11-21-6)12-25-14(19)16(3,4)18/h13H,7-12H2,1-6H3. The molecule has 0 rings (SSSR count). The monoisotopic (exact) mass is 426 g/mol. The summed E-state index contributed by atoms with van der Waals surface area (Å²) in [6.45, 7) is 9.82. The zero-order valence-electron chi connectivity index (χ0n) is 16.1. The summed E-state index contributed by atoms with van der Waals surface area (Å²) in [6.07, 6.45) is 0.00791. The van der Waals surface area contributed by atoms with E-state index in [1.54, 1.807) is 20.8 Å². The van der Waals surface area contributed by atoms with Crippen LogP contribution in [0.15, 0.2) is 0 Å². The van der Waals surface area contributed by atoms with Crippen LogP contribution in [-0.2, 0) is 33.3 Å². The lowest BCUT2D eigenvalue weighted by Crippen LogP contribution is -2.41. The highest BCUT2D eigenvalue weighted by atomic mass is 79.9. The predicted octanol–water partition coefficient (Wildman–Crippen LogP) is 2.69. The van der Waals surface area contributed by atoms with Gasteiger partial charge in [-0.3, -0.25) is 9.59 Å². The van der Waals surface area contributed by atoms with E-state index in [1.807, 2.05) is 13.8 Å². The molecule has 148 valence electrons. The summed E-state index contributed by atoms with van der Waals surface area (Å²) in [7, 11) is 1.47. The van der Waals surface area contributed by atoms with Crippen LogP contribution in [0.25, 0.3) is 0 Å². The van der Waals surface area contributed by atoms with E-state index in [9.17, 15) is 9.59 Å². The second-order valence-corrected chi connectivity index (χ2v) is 8.29. The van der Waals surface area contributed by atoms with Crippen molar-refractivity contribution in [2.24, 2.45) is 5.41 Å². The fourth-order valence-electron chi connectivity index (χ4n) is 1.88. The zero-order valence-corrected chi connectivity index (χ0v) is 17.6. The quantitative estimate of drug-likeness (QED) is 0.254. The first-order valence-corrected chi connectivity index (χ1v) is 9.15. The summed E-state index contributed by atoms with van der Waals surface area (Å²) in [4.78, 5) is 24.3. The van der Waals surface area contributed by atoms with Crippen molar-refractivity contribution >= 4 is 27.9 Å². The molecule has 0 aliphatic carbocycles. The van der Waals surface area contributed by atoms with Gasteiger partial charge in [0.15, 0.2) is 6.29 Å². The molecule has 0 aromatic carbocycles. The Balaban J connectivity index is 4.62. The molecule has 0 spiro atoms. The maximum Gasteiger partial charge on any atom is 0.322 e. The minimum atomic E-state index is -1.09. The molecule has 0 aromatic rings. The van der Waals surface area contributed by atoms with Crippen LogP contribution < -0.4 is 0 Å². The average molecular weight is 427 g/mol. The van der Waals surface area contributed by atoms with E-state index < -0.39 is 28.0 Å². The molecule has 1 unspecified atom stereocenters. The highest BCUT2D eigenvalue weighted by Gasteiger charge is 2.38. The first kappa shape index (κ1) is 24.3. The van der Waals surface area contributed by atoms with E-state index in [-0.39, 0.29) is 19.8 Å². The predicted molar refractivity (Wildman–Crippen MR) is 96.6 cm³/mol. The SMILES string of the molecule is CCOC(CCOC(=O)C(C)(COC)COC(=O)C(C)(C)Br)OCC. The summed E-state index contributed by atoms with van der Waals surface area (Å²) in [6, 6.07) is 0. The van der Waals surface area contributed by atoms with Gasteiger partial charge in [0, 0.05) is 26.7 Å². The Kier molecular flexibility index (Phi) is 11.5. The van der Waals surface area contributed by atoms with Crippen LogP contribution in [-0.4, -0.2) is 62.7 Å². The first-order valence-electron chi connectivity index (χ1n) is 8.36. The number of ether oxygens (including phenoxy) is 5. The molecule has 0 aromatic heterocycles. The number of alkyl halides is 1. The lowest BCUT2D eigenvalue weighted by atomic mass is 9.93. The molecule has 0 radical (unpaired) electrons. The molecule has 25 heavy (non-hydrogen) atoms.